The van der Waals surface area contributed by atoms with Crippen LogP contribution in [-0.4, -0.2) is 24.5 Å². The number of hydrogen-bond donors (Lipinski definition) is 2. The van der Waals surface area contributed by atoms with Crippen LogP contribution in [0.1, 0.15) is 5.56 Å². The minimum atomic E-state index is -0.308. The van der Waals surface area contributed by atoms with E-state index in [0.717, 1.165) is 0 Å². The third-order valence-corrected chi connectivity index (χ3v) is 2.89. The molecule has 0 unspecified atom stereocenters. The SMILES string of the molecule is Cc1c(F)cccc1Nc1nc(N)nc(-n2ccnc2)n1. The largest absolute Gasteiger partial charge is 0.368 e. The second kappa shape index (κ2) is 5.16. The number of imidazole rings is 1. The summed E-state index contributed by atoms with van der Waals surface area (Å²) in [6.07, 6.45) is 4.84. The zero-order valence-corrected chi connectivity index (χ0v) is 11.2. The number of rotatable bonds is 3. The fourth-order valence-corrected chi connectivity index (χ4v) is 1.79. The van der Waals surface area contributed by atoms with Gasteiger partial charge in [0.2, 0.25) is 17.8 Å². The van der Waals surface area contributed by atoms with E-state index < -0.39 is 0 Å². The average Bonchev–Trinajstić information content (AvgIpc) is 2.97. The van der Waals surface area contributed by atoms with Crippen LogP contribution < -0.4 is 11.1 Å². The van der Waals surface area contributed by atoms with Crippen molar-refractivity contribution in [2.75, 3.05) is 11.1 Å². The van der Waals surface area contributed by atoms with E-state index >= 15 is 0 Å². The van der Waals surface area contributed by atoms with Crippen LogP contribution in [-0.2, 0) is 0 Å². The summed E-state index contributed by atoms with van der Waals surface area (Å²) in [4.78, 5) is 16.2. The van der Waals surface area contributed by atoms with Gasteiger partial charge >= 0.3 is 0 Å². The Kier molecular flexibility index (Phi) is 3.19. The fraction of sp³-hybridized carbons (Fsp3) is 0.0769. The minimum absolute atomic E-state index is 0.0604. The van der Waals surface area contributed by atoms with Crippen LogP contribution >= 0.6 is 0 Å². The van der Waals surface area contributed by atoms with Crippen LogP contribution in [0.4, 0.5) is 22.0 Å². The van der Waals surface area contributed by atoms with Gasteiger partial charge in [-0.05, 0) is 19.1 Å². The Hall–Kier alpha value is -3.03. The van der Waals surface area contributed by atoms with Crippen molar-refractivity contribution in [3.8, 4) is 5.95 Å². The van der Waals surface area contributed by atoms with Crippen LogP contribution in [0, 0.1) is 12.7 Å². The molecule has 0 aliphatic rings. The molecule has 106 valence electrons. The number of nitrogens with zero attached hydrogens (tertiary/aromatic N) is 5. The lowest BCUT2D eigenvalue weighted by atomic mass is 10.2. The van der Waals surface area contributed by atoms with Crippen LogP contribution in [0.5, 0.6) is 0 Å². The van der Waals surface area contributed by atoms with Crippen LogP contribution in [0.2, 0.25) is 0 Å². The smallest absolute Gasteiger partial charge is 0.241 e. The van der Waals surface area contributed by atoms with E-state index in [1.165, 1.54) is 6.07 Å². The summed E-state index contributed by atoms with van der Waals surface area (Å²) in [5.41, 5.74) is 6.72. The normalized spacial score (nSPS) is 10.6. The number of halogens is 1. The number of benzene rings is 1. The van der Waals surface area contributed by atoms with Gasteiger partial charge in [0.1, 0.15) is 12.1 Å². The Morgan fingerprint density at radius 3 is 2.86 bits per heavy atom. The lowest BCUT2D eigenvalue weighted by Gasteiger charge is -2.10. The molecule has 0 amide bonds. The predicted molar refractivity (Wildman–Crippen MR) is 75.8 cm³/mol. The third-order valence-electron chi connectivity index (χ3n) is 2.89. The number of nitrogen functional groups attached to an aromatic ring is 1. The molecule has 8 heteroatoms. The van der Waals surface area contributed by atoms with Crippen molar-refractivity contribution in [1.29, 1.82) is 0 Å². The van der Waals surface area contributed by atoms with Gasteiger partial charge < -0.3 is 11.1 Å². The maximum absolute atomic E-state index is 13.5. The highest BCUT2D eigenvalue weighted by molar-refractivity contribution is 5.59. The van der Waals surface area contributed by atoms with Crippen molar-refractivity contribution in [2.24, 2.45) is 0 Å². The first-order valence-corrected chi connectivity index (χ1v) is 6.15. The lowest BCUT2D eigenvalue weighted by molar-refractivity contribution is 0.619. The molecule has 0 fully saturated rings. The Morgan fingerprint density at radius 2 is 2.10 bits per heavy atom. The van der Waals surface area contributed by atoms with E-state index in [1.807, 2.05) is 0 Å². The van der Waals surface area contributed by atoms with E-state index in [2.05, 4.69) is 25.3 Å². The van der Waals surface area contributed by atoms with Crippen LogP contribution in [0.15, 0.2) is 36.9 Å². The number of aromatic nitrogens is 5. The summed E-state index contributed by atoms with van der Waals surface area (Å²) in [6.45, 7) is 1.67. The summed E-state index contributed by atoms with van der Waals surface area (Å²) in [5.74, 6) is 0.318. The molecule has 1 aromatic carbocycles. The van der Waals surface area contributed by atoms with Crippen molar-refractivity contribution in [3.05, 3.63) is 48.3 Å². The van der Waals surface area contributed by atoms with Crippen molar-refractivity contribution in [2.45, 2.75) is 6.92 Å². The zero-order valence-electron chi connectivity index (χ0n) is 11.2. The first kappa shape index (κ1) is 13.0. The van der Waals surface area contributed by atoms with Crippen molar-refractivity contribution < 1.29 is 4.39 Å². The zero-order chi connectivity index (χ0) is 14.8. The first-order chi connectivity index (χ1) is 10.1. The monoisotopic (exact) mass is 285 g/mol. The Morgan fingerprint density at radius 1 is 1.24 bits per heavy atom. The Labute approximate surface area is 119 Å². The topological polar surface area (TPSA) is 94.5 Å². The average molecular weight is 285 g/mol. The lowest BCUT2D eigenvalue weighted by Crippen LogP contribution is -2.09. The second-order valence-corrected chi connectivity index (χ2v) is 4.32. The molecule has 7 nitrogen and oxygen atoms in total. The summed E-state index contributed by atoms with van der Waals surface area (Å²) in [6, 6.07) is 4.72. The van der Waals surface area contributed by atoms with Gasteiger partial charge in [-0.3, -0.25) is 4.57 Å². The van der Waals surface area contributed by atoms with Gasteiger partial charge in [-0.1, -0.05) is 6.07 Å². The molecule has 3 rings (SSSR count). The fourth-order valence-electron chi connectivity index (χ4n) is 1.79. The second-order valence-electron chi connectivity index (χ2n) is 4.32. The number of nitrogens with two attached hydrogens (primary N) is 1. The molecule has 2 aromatic heterocycles. The quantitative estimate of drug-likeness (QED) is 0.762. The van der Waals surface area contributed by atoms with Gasteiger partial charge in [-0.25, -0.2) is 9.37 Å². The number of nitrogens with one attached hydrogen (secondary N) is 1. The van der Waals surface area contributed by atoms with Gasteiger partial charge in [0.05, 0.1) is 0 Å². The third kappa shape index (κ3) is 2.64. The van der Waals surface area contributed by atoms with E-state index in [1.54, 1.807) is 42.3 Å². The molecule has 0 aliphatic carbocycles. The Bertz CT molecular complexity index is 770. The van der Waals surface area contributed by atoms with Crippen molar-refractivity contribution in [1.82, 2.24) is 24.5 Å². The summed E-state index contributed by atoms with van der Waals surface area (Å²) < 4.78 is 15.1. The van der Waals surface area contributed by atoms with E-state index in [4.69, 9.17) is 5.73 Å². The van der Waals surface area contributed by atoms with Gasteiger partial charge in [0, 0.05) is 23.6 Å². The molecular formula is C13H12FN7. The predicted octanol–water partition coefficient (Wildman–Crippen LogP) is 1.83. The van der Waals surface area contributed by atoms with Gasteiger partial charge in [0.25, 0.3) is 0 Å². The molecular weight excluding hydrogens is 273 g/mol. The standard InChI is InChI=1S/C13H12FN7/c1-8-9(14)3-2-4-10(8)17-12-18-11(15)19-13(20-12)21-6-5-16-7-21/h2-7H,1H3,(H3,15,17,18,19,20). The highest BCUT2D eigenvalue weighted by Gasteiger charge is 2.09. The minimum Gasteiger partial charge on any atom is -0.368 e. The van der Waals surface area contributed by atoms with Crippen molar-refractivity contribution >= 4 is 17.6 Å². The number of hydrogen-bond acceptors (Lipinski definition) is 6. The summed E-state index contributed by atoms with van der Waals surface area (Å²) >= 11 is 0. The number of anilines is 3. The van der Waals surface area contributed by atoms with Gasteiger partial charge in [-0.2, -0.15) is 15.0 Å². The van der Waals surface area contributed by atoms with Gasteiger partial charge in [-0.15, -0.1) is 0 Å². The highest BCUT2D eigenvalue weighted by Crippen LogP contribution is 2.21. The first-order valence-electron chi connectivity index (χ1n) is 6.15. The maximum atomic E-state index is 13.5. The van der Waals surface area contributed by atoms with E-state index in [0.29, 0.717) is 17.2 Å². The van der Waals surface area contributed by atoms with Crippen LogP contribution in [0.3, 0.4) is 0 Å². The van der Waals surface area contributed by atoms with Crippen LogP contribution in [0.25, 0.3) is 5.95 Å². The molecule has 0 atom stereocenters. The van der Waals surface area contributed by atoms with Gasteiger partial charge in [0.15, 0.2) is 0 Å². The molecule has 3 aromatic rings. The van der Waals surface area contributed by atoms with E-state index in [9.17, 15) is 4.39 Å². The molecule has 0 spiro atoms. The summed E-state index contributed by atoms with van der Waals surface area (Å²) in [7, 11) is 0. The highest BCUT2D eigenvalue weighted by atomic mass is 19.1. The molecule has 0 radical (unpaired) electrons. The Balaban J connectivity index is 1.98. The molecule has 0 bridgehead atoms. The molecule has 0 aliphatic heterocycles. The molecule has 21 heavy (non-hydrogen) atoms. The molecule has 0 saturated carbocycles. The van der Waals surface area contributed by atoms with E-state index in [-0.39, 0.29) is 17.7 Å². The molecule has 2 heterocycles. The van der Waals surface area contributed by atoms with Crippen molar-refractivity contribution in [3.63, 3.8) is 0 Å². The molecule has 0 saturated heterocycles. The maximum Gasteiger partial charge on any atom is 0.241 e. The summed E-state index contributed by atoms with van der Waals surface area (Å²) in [5, 5.41) is 2.94. The molecule has 3 N–H and O–H groups in total.